The summed E-state index contributed by atoms with van der Waals surface area (Å²) >= 11 is 1.46. The van der Waals surface area contributed by atoms with E-state index in [1.807, 2.05) is 31.5 Å². The molecular weight excluding hydrogens is 288 g/mol. The highest BCUT2D eigenvalue weighted by Gasteiger charge is 2.24. The smallest absolute Gasteiger partial charge is 0.315 e. The quantitative estimate of drug-likeness (QED) is 0.783. The second-order valence-electron chi connectivity index (χ2n) is 5.17. The summed E-state index contributed by atoms with van der Waals surface area (Å²) in [5.74, 6) is 0. The highest BCUT2D eigenvalue weighted by molar-refractivity contribution is 7.10. The third kappa shape index (κ3) is 3.83. The van der Waals surface area contributed by atoms with Crippen LogP contribution in [0.5, 0.6) is 0 Å². The molecule has 0 saturated carbocycles. The summed E-state index contributed by atoms with van der Waals surface area (Å²) in [6.07, 6.45) is 1.73. The Morgan fingerprint density at radius 2 is 2.29 bits per heavy atom. The fraction of sp³-hybridized carbons (Fsp3) is 0.429. The monoisotopic (exact) mass is 308 g/mol. The highest BCUT2D eigenvalue weighted by Crippen LogP contribution is 2.24. The van der Waals surface area contributed by atoms with E-state index in [-0.39, 0.29) is 12.6 Å². The number of thiophene rings is 1. The molecule has 114 valence electrons. The van der Waals surface area contributed by atoms with Crippen LogP contribution in [0.25, 0.3) is 0 Å². The molecule has 2 amide bonds. The maximum Gasteiger partial charge on any atom is 0.315 e. The lowest BCUT2D eigenvalue weighted by molar-refractivity contribution is 0.0631. The van der Waals surface area contributed by atoms with Gasteiger partial charge in [-0.1, -0.05) is 6.07 Å². The van der Waals surface area contributed by atoms with Crippen molar-refractivity contribution < 1.29 is 9.90 Å². The van der Waals surface area contributed by atoms with Crippen molar-refractivity contribution in [2.24, 2.45) is 7.05 Å². The Hall–Kier alpha value is -1.86. The lowest BCUT2D eigenvalue weighted by Gasteiger charge is -2.22. The maximum atomic E-state index is 11.8. The van der Waals surface area contributed by atoms with Crippen LogP contribution in [-0.2, 0) is 19.2 Å². The van der Waals surface area contributed by atoms with E-state index in [2.05, 4.69) is 15.7 Å². The van der Waals surface area contributed by atoms with Crippen LogP contribution in [0.15, 0.2) is 23.7 Å². The third-order valence-electron chi connectivity index (χ3n) is 3.42. The molecule has 3 N–H and O–H groups in total. The van der Waals surface area contributed by atoms with Gasteiger partial charge in [0.05, 0.1) is 12.7 Å². The van der Waals surface area contributed by atoms with E-state index >= 15 is 0 Å². The Labute approximate surface area is 127 Å². The van der Waals surface area contributed by atoms with Gasteiger partial charge in [0.1, 0.15) is 5.60 Å². The number of hydrogen-bond acceptors (Lipinski definition) is 4. The second-order valence-corrected chi connectivity index (χ2v) is 6.11. The van der Waals surface area contributed by atoms with Gasteiger partial charge < -0.3 is 15.7 Å². The van der Waals surface area contributed by atoms with Crippen LogP contribution in [0, 0.1) is 6.92 Å². The molecule has 6 nitrogen and oxygen atoms in total. The summed E-state index contributed by atoms with van der Waals surface area (Å²) in [7, 11) is 1.86. The Balaban J connectivity index is 1.81. The Morgan fingerprint density at radius 1 is 1.52 bits per heavy atom. The van der Waals surface area contributed by atoms with Crippen molar-refractivity contribution in [3.05, 3.63) is 39.8 Å². The predicted molar refractivity (Wildman–Crippen MR) is 82.1 cm³/mol. The predicted octanol–water partition coefficient (Wildman–Crippen LogP) is 1.50. The fourth-order valence-electron chi connectivity index (χ4n) is 1.88. The fourth-order valence-corrected chi connectivity index (χ4v) is 2.67. The Bertz CT molecular complexity index is 605. The largest absolute Gasteiger partial charge is 0.383 e. The van der Waals surface area contributed by atoms with Gasteiger partial charge >= 0.3 is 6.03 Å². The zero-order valence-corrected chi connectivity index (χ0v) is 13.2. The van der Waals surface area contributed by atoms with Crippen molar-refractivity contribution >= 4 is 17.4 Å². The van der Waals surface area contributed by atoms with Gasteiger partial charge in [-0.05, 0) is 25.3 Å². The normalized spacial score (nSPS) is 13.7. The number of nitrogens with zero attached hydrogens (tertiary/aromatic N) is 2. The lowest BCUT2D eigenvalue weighted by atomic mass is 10.1. The molecule has 2 aromatic rings. The molecule has 0 saturated heterocycles. The number of aromatic nitrogens is 2. The van der Waals surface area contributed by atoms with Gasteiger partial charge in [-0.3, -0.25) is 4.68 Å². The van der Waals surface area contributed by atoms with Gasteiger partial charge in [0.25, 0.3) is 0 Å². The summed E-state index contributed by atoms with van der Waals surface area (Å²) in [6, 6.07) is 3.42. The number of amides is 2. The minimum atomic E-state index is -1.06. The molecule has 0 aromatic carbocycles. The number of hydrogen-bond donors (Lipinski definition) is 3. The highest BCUT2D eigenvalue weighted by atomic mass is 32.1. The van der Waals surface area contributed by atoms with Crippen molar-refractivity contribution in [2.75, 3.05) is 6.54 Å². The summed E-state index contributed by atoms with van der Waals surface area (Å²) < 4.78 is 1.76. The molecule has 7 heteroatoms. The number of nitrogens with one attached hydrogen (secondary N) is 2. The molecule has 1 atom stereocenters. The molecule has 0 bridgehead atoms. The van der Waals surface area contributed by atoms with Gasteiger partial charge in [0.15, 0.2) is 0 Å². The van der Waals surface area contributed by atoms with Crippen LogP contribution in [-0.4, -0.2) is 27.5 Å². The zero-order chi connectivity index (χ0) is 15.5. The Morgan fingerprint density at radius 3 is 2.86 bits per heavy atom. The molecule has 21 heavy (non-hydrogen) atoms. The topological polar surface area (TPSA) is 79.2 Å². The van der Waals surface area contributed by atoms with E-state index in [1.54, 1.807) is 17.8 Å². The summed E-state index contributed by atoms with van der Waals surface area (Å²) in [5.41, 5.74) is 0.925. The van der Waals surface area contributed by atoms with Gasteiger partial charge in [-0.2, -0.15) is 5.10 Å². The average Bonchev–Trinajstić information content (AvgIpc) is 3.08. The zero-order valence-electron chi connectivity index (χ0n) is 12.4. The first-order chi connectivity index (χ1) is 9.90. The van der Waals surface area contributed by atoms with E-state index in [4.69, 9.17) is 0 Å². The summed E-state index contributed by atoms with van der Waals surface area (Å²) in [4.78, 5) is 12.6. The number of carbonyl (C=O) groups excluding carboxylic acids is 1. The van der Waals surface area contributed by atoms with Gasteiger partial charge in [-0.25, -0.2) is 4.79 Å². The van der Waals surface area contributed by atoms with Crippen molar-refractivity contribution in [2.45, 2.75) is 26.0 Å². The molecule has 0 radical (unpaired) electrons. The van der Waals surface area contributed by atoms with E-state index < -0.39 is 5.60 Å². The molecule has 0 fully saturated rings. The lowest BCUT2D eigenvalue weighted by Crippen LogP contribution is -2.42. The maximum absolute atomic E-state index is 11.8. The third-order valence-corrected chi connectivity index (χ3v) is 4.54. The standard InChI is InChI=1S/C14H20N4O2S/c1-10-11(8-17-18(10)3)7-15-13(19)16-9-14(2,20)12-5-4-6-21-12/h4-6,8,20H,7,9H2,1-3H3,(H2,15,16,19). The summed E-state index contributed by atoms with van der Waals surface area (Å²) in [5, 5.41) is 21.8. The van der Waals surface area contributed by atoms with Crippen LogP contribution < -0.4 is 10.6 Å². The van der Waals surface area contributed by atoms with Crippen molar-refractivity contribution in [3.8, 4) is 0 Å². The first-order valence-electron chi connectivity index (χ1n) is 6.65. The first-order valence-corrected chi connectivity index (χ1v) is 7.53. The molecule has 0 aliphatic carbocycles. The van der Waals surface area contributed by atoms with E-state index in [1.165, 1.54) is 11.3 Å². The van der Waals surface area contributed by atoms with Crippen LogP contribution in [0.3, 0.4) is 0 Å². The molecular formula is C14H20N4O2S. The molecule has 2 heterocycles. The number of urea groups is 1. The molecule has 2 aromatic heterocycles. The van der Waals surface area contributed by atoms with E-state index in [0.29, 0.717) is 6.54 Å². The minimum absolute atomic E-state index is 0.158. The SMILES string of the molecule is Cc1c(CNC(=O)NCC(C)(O)c2cccs2)cnn1C. The minimum Gasteiger partial charge on any atom is -0.383 e. The summed E-state index contributed by atoms with van der Waals surface area (Å²) in [6.45, 7) is 4.20. The van der Waals surface area contributed by atoms with Gasteiger partial charge in [0, 0.05) is 29.7 Å². The molecule has 1 unspecified atom stereocenters. The van der Waals surface area contributed by atoms with Crippen LogP contribution in [0.1, 0.15) is 23.1 Å². The number of aryl methyl sites for hydroxylation is 1. The Kier molecular flexibility index (Phi) is 4.64. The second kappa shape index (κ2) is 6.28. The van der Waals surface area contributed by atoms with Crippen molar-refractivity contribution in [1.82, 2.24) is 20.4 Å². The molecule has 2 rings (SSSR count). The molecule has 0 aliphatic rings. The van der Waals surface area contributed by atoms with Gasteiger partial charge in [0.2, 0.25) is 0 Å². The van der Waals surface area contributed by atoms with Crippen molar-refractivity contribution in [1.29, 1.82) is 0 Å². The van der Waals surface area contributed by atoms with Gasteiger partial charge in [-0.15, -0.1) is 11.3 Å². The van der Waals surface area contributed by atoms with Crippen LogP contribution >= 0.6 is 11.3 Å². The van der Waals surface area contributed by atoms with Crippen LogP contribution in [0.4, 0.5) is 4.79 Å². The number of rotatable bonds is 5. The van der Waals surface area contributed by atoms with Crippen LogP contribution in [0.2, 0.25) is 0 Å². The first kappa shape index (κ1) is 15.5. The number of aliphatic hydroxyl groups is 1. The van der Waals surface area contributed by atoms with E-state index in [9.17, 15) is 9.90 Å². The van der Waals surface area contributed by atoms with E-state index in [0.717, 1.165) is 16.1 Å². The molecule has 0 aliphatic heterocycles. The number of carbonyl (C=O) groups is 1. The van der Waals surface area contributed by atoms with Crippen molar-refractivity contribution in [3.63, 3.8) is 0 Å². The molecule has 0 spiro atoms. The average molecular weight is 308 g/mol.